The number of hydrogen-bond acceptors (Lipinski definition) is 4. The molecule has 0 bridgehead atoms. The summed E-state index contributed by atoms with van der Waals surface area (Å²) in [7, 11) is 4.70. The Hall–Kier alpha value is -2.02. The van der Waals surface area contributed by atoms with Crippen LogP contribution in [0.15, 0.2) is 30.3 Å². The molecule has 0 radical (unpaired) electrons. The highest BCUT2D eigenvalue weighted by Gasteiger charge is 2.36. The summed E-state index contributed by atoms with van der Waals surface area (Å²) in [6.45, 7) is 0. The Labute approximate surface area is 114 Å². The fourth-order valence-electron chi connectivity index (χ4n) is 1.40. The topological polar surface area (TPSA) is 41.6 Å². The summed E-state index contributed by atoms with van der Waals surface area (Å²) in [6, 6.07) is 6.31. The van der Waals surface area contributed by atoms with Gasteiger partial charge < -0.3 is 10.2 Å². The molecule has 110 valence electrons. The number of ketones is 1. The minimum Gasteiger partial charge on any atom is -0.497 e. The highest BCUT2D eigenvalue weighted by molar-refractivity contribution is 6.00. The molecule has 0 fully saturated rings. The molecule has 20 heavy (non-hydrogen) atoms. The largest absolute Gasteiger partial charge is 0.497 e. The van der Waals surface area contributed by atoms with Crippen molar-refractivity contribution in [3.63, 3.8) is 0 Å². The molecule has 0 saturated heterocycles. The van der Waals surface area contributed by atoms with Crippen LogP contribution in [-0.4, -0.2) is 38.2 Å². The van der Waals surface area contributed by atoms with Gasteiger partial charge in [0.25, 0.3) is 5.78 Å². The van der Waals surface area contributed by atoms with Crippen LogP contribution in [0.5, 0.6) is 5.75 Å². The molecular weight excluding hydrogens is 273 g/mol. The van der Waals surface area contributed by atoms with Crippen molar-refractivity contribution < 1.29 is 22.7 Å². The Kier molecular flexibility index (Phi) is 5.15. The Morgan fingerprint density at radius 1 is 1.25 bits per heavy atom. The molecule has 0 unspecified atom stereocenters. The van der Waals surface area contributed by atoms with E-state index in [2.05, 4.69) is 5.43 Å². The average molecular weight is 288 g/mol. The molecule has 0 saturated carbocycles. The number of carbonyl (C=O) groups is 1. The highest BCUT2D eigenvalue weighted by atomic mass is 19.4. The summed E-state index contributed by atoms with van der Waals surface area (Å²) in [5.74, 6) is -1.35. The first-order chi connectivity index (χ1) is 9.24. The maximum Gasteiger partial charge on any atom is 0.454 e. The summed E-state index contributed by atoms with van der Waals surface area (Å²) < 4.78 is 41.9. The minimum absolute atomic E-state index is 0.0555. The van der Waals surface area contributed by atoms with Crippen LogP contribution in [0.2, 0.25) is 0 Å². The van der Waals surface area contributed by atoms with Gasteiger partial charge in [-0.25, -0.2) is 5.01 Å². The highest BCUT2D eigenvalue weighted by Crippen LogP contribution is 2.21. The van der Waals surface area contributed by atoms with Crippen molar-refractivity contribution in [3.8, 4) is 5.75 Å². The minimum atomic E-state index is -4.90. The van der Waals surface area contributed by atoms with Gasteiger partial charge in [0.2, 0.25) is 0 Å². The lowest BCUT2D eigenvalue weighted by Crippen LogP contribution is -2.30. The van der Waals surface area contributed by atoms with Gasteiger partial charge in [0.05, 0.1) is 12.8 Å². The van der Waals surface area contributed by atoms with E-state index in [1.54, 1.807) is 38.4 Å². The lowest BCUT2D eigenvalue weighted by atomic mass is 10.1. The van der Waals surface area contributed by atoms with Crippen molar-refractivity contribution >= 4 is 11.5 Å². The zero-order chi connectivity index (χ0) is 15.3. The number of hydrazine groups is 1. The first-order valence-corrected chi connectivity index (χ1v) is 5.65. The quantitative estimate of drug-likeness (QED) is 0.666. The first kappa shape index (κ1) is 16.0. The third kappa shape index (κ3) is 4.58. The molecule has 0 atom stereocenters. The molecule has 0 amide bonds. The van der Waals surface area contributed by atoms with Gasteiger partial charge in [-0.2, -0.15) is 13.2 Å². The molecule has 1 rings (SSSR count). The van der Waals surface area contributed by atoms with Gasteiger partial charge in [-0.3, -0.25) is 4.79 Å². The number of hydrogen-bond donors (Lipinski definition) is 1. The monoisotopic (exact) mass is 288 g/mol. The van der Waals surface area contributed by atoms with E-state index in [1.165, 1.54) is 12.1 Å². The van der Waals surface area contributed by atoms with Crippen LogP contribution in [0.1, 0.15) is 5.56 Å². The SMILES string of the molecule is COc1ccc(/C(=C\C(=O)C(F)(F)F)NN(C)C)cc1. The van der Waals surface area contributed by atoms with Crippen LogP contribution in [0.3, 0.4) is 0 Å². The molecule has 0 aliphatic heterocycles. The van der Waals surface area contributed by atoms with Gasteiger partial charge in [-0.1, -0.05) is 0 Å². The van der Waals surface area contributed by atoms with Crippen molar-refractivity contribution in [2.45, 2.75) is 6.18 Å². The van der Waals surface area contributed by atoms with Crippen molar-refractivity contribution in [1.29, 1.82) is 0 Å². The second kappa shape index (κ2) is 6.42. The zero-order valence-corrected chi connectivity index (χ0v) is 11.3. The van der Waals surface area contributed by atoms with Crippen molar-refractivity contribution in [2.75, 3.05) is 21.2 Å². The van der Waals surface area contributed by atoms with Crippen LogP contribution < -0.4 is 10.2 Å². The second-order valence-electron chi connectivity index (χ2n) is 4.15. The molecular formula is C13H15F3N2O2. The van der Waals surface area contributed by atoms with Gasteiger partial charge in [0.1, 0.15) is 5.75 Å². The van der Waals surface area contributed by atoms with E-state index >= 15 is 0 Å². The molecule has 0 aliphatic carbocycles. The Morgan fingerprint density at radius 3 is 2.20 bits per heavy atom. The predicted octanol–water partition coefficient (Wildman–Crippen LogP) is 2.23. The van der Waals surface area contributed by atoms with Gasteiger partial charge in [-0.05, 0) is 29.8 Å². The lowest BCUT2D eigenvalue weighted by Gasteiger charge is -2.17. The van der Waals surface area contributed by atoms with Crippen molar-refractivity contribution in [3.05, 3.63) is 35.9 Å². The lowest BCUT2D eigenvalue weighted by molar-refractivity contribution is -0.165. The molecule has 4 nitrogen and oxygen atoms in total. The summed E-state index contributed by atoms with van der Waals surface area (Å²) in [4.78, 5) is 11.1. The van der Waals surface area contributed by atoms with E-state index in [4.69, 9.17) is 4.74 Å². The Morgan fingerprint density at radius 2 is 1.80 bits per heavy atom. The number of allylic oxidation sites excluding steroid dienone is 1. The number of methoxy groups -OCH3 is 1. The van der Waals surface area contributed by atoms with Crippen LogP contribution >= 0.6 is 0 Å². The Bertz CT molecular complexity index is 493. The number of rotatable bonds is 5. The summed E-state index contributed by atoms with van der Waals surface area (Å²) in [5, 5.41) is 1.44. The molecule has 7 heteroatoms. The number of nitrogens with zero attached hydrogens (tertiary/aromatic N) is 1. The first-order valence-electron chi connectivity index (χ1n) is 5.65. The molecule has 0 aliphatic rings. The maximum absolute atomic E-state index is 12.3. The van der Waals surface area contributed by atoms with Crippen LogP contribution in [0, 0.1) is 0 Å². The van der Waals surface area contributed by atoms with Gasteiger partial charge in [-0.15, -0.1) is 0 Å². The third-order valence-electron chi connectivity index (χ3n) is 2.30. The number of ether oxygens (including phenoxy) is 1. The maximum atomic E-state index is 12.3. The van der Waals surface area contributed by atoms with E-state index in [-0.39, 0.29) is 5.70 Å². The second-order valence-corrected chi connectivity index (χ2v) is 4.15. The van der Waals surface area contributed by atoms with E-state index < -0.39 is 12.0 Å². The number of halogens is 3. The van der Waals surface area contributed by atoms with Crippen molar-refractivity contribution in [2.24, 2.45) is 0 Å². The van der Waals surface area contributed by atoms with E-state index in [1.807, 2.05) is 0 Å². The summed E-state index contributed by atoms with van der Waals surface area (Å²) >= 11 is 0. The average Bonchev–Trinajstić information content (AvgIpc) is 2.36. The molecule has 1 aromatic rings. The smallest absolute Gasteiger partial charge is 0.454 e. The number of benzene rings is 1. The van der Waals surface area contributed by atoms with Crippen LogP contribution in [0.4, 0.5) is 13.2 Å². The molecule has 1 N–H and O–H groups in total. The van der Waals surface area contributed by atoms with E-state index in [9.17, 15) is 18.0 Å². The molecule has 0 aromatic heterocycles. The van der Waals surface area contributed by atoms with Gasteiger partial charge in [0.15, 0.2) is 0 Å². The fraction of sp³-hybridized carbons (Fsp3) is 0.308. The molecule has 1 aromatic carbocycles. The van der Waals surface area contributed by atoms with E-state index in [0.717, 1.165) is 0 Å². The third-order valence-corrected chi connectivity index (χ3v) is 2.30. The predicted molar refractivity (Wildman–Crippen MR) is 68.9 cm³/mol. The summed E-state index contributed by atoms with van der Waals surface area (Å²) in [5.41, 5.74) is 3.17. The standard InChI is InChI=1S/C13H15F3N2O2/c1-18(2)17-11(8-12(19)13(14,15)16)9-4-6-10(20-3)7-5-9/h4-8,17H,1-3H3/b11-8+. The van der Waals surface area contributed by atoms with E-state index in [0.29, 0.717) is 17.4 Å². The molecule has 0 heterocycles. The zero-order valence-electron chi connectivity index (χ0n) is 11.3. The number of nitrogens with one attached hydrogen (secondary N) is 1. The molecule has 0 spiro atoms. The Balaban J connectivity index is 3.11. The number of carbonyl (C=O) groups excluding carboxylic acids is 1. The fourth-order valence-corrected chi connectivity index (χ4v) is 1.40. The van der Waals surface area contributed by atoms with Crippen LogP contribution in [-0.2, 0) is 4.79 Å². The van der Waals surface area contributed by atoms with Crippen LogP contribution in [0.25, 0.3) is 5.70 Å². The van der Waals surface area contributed by atoms with Gasteiger partial charge >= 0.3 is 6.18 Å². The van der Waals surface area contributed by atoms with Crippen molar-refractivity contribution in [1.82, 2.24) is 10.4 Å². The normalized spacial score (nSPS) is 12.4. The summed E-state index contributed by atoms with van der Waals surface area (Å²) in [6.07, 6.45) is -4.37. The van der Waals surface area contributed by atoms with Gasteiger partial charge in [0, 0.05) is 20.2 Å². The number of alkyl halides is 3.